The van der Waals surface area contributed by atoms with Crippen LogP contribution in [0.2, 0.25) is 0 Å². The first-order chi connectivity index (χ1) is 9.10. The summed E-state index contributed by atoms with van der Waals surface area (Å²) in [7, 11) is 0. The summed E-state index contributed by atoms with van der Waals surface area (Å²) in [6.07, 6.45) is 1.91. The summed E-state index contributed by atoms with van der Waals surface area (Å²) >= 11 is 3.41. The van der Waals surface area contributed by atoms with E-state index in [1.54, 1.807) is 0 Å². The maximum absolute atomic E-state index is 9.33. The molecule has 0 unspecified atom stereocenters. The molecule has 94 valence electrons. The minimum atomic E-state index is 0.686. The van der Waals surface area contributed by atoms with Crippen LogP contribution in [0.25, 0.3) is 11.6 Å². The molecule has 0 heterocycles. The van der Waals surface area contributed by atoms with Gasteiger partial charge in [-0.15, -0.1) is 0 Å². The Hall–Kier alpha value is -1.85. The highest BCUT2D eigenvalue weighted by Gasteiger charge is 2.03. The van der Waals surface area contributed by atoms with E-state index in [0.29, 0.717) is 5.57 Å². The first kappa shape index (κ1) is 13.6. The van der Waals surface area contributed by atoms with Crippen LogP contribution in [0.1, 0.15) is 22.3 Å². The van der Waals surface area contributed by atoms with Gasteiger partial charge in [-0.25, -0.2) is 0 Å². The molecule has 19 heavy (non-hydrogen) atoms. The standard InChI is InChI=1S/C17H14BrN/c1-12-3-6-15(9-13(12)2)16(11-19)10-14-4-7-17(18)8-5-14/h3-10H,1-2H3/b16-10+. The number of halogens is 1. The summed E-state index contributed by atoms with van der Waals surface area (Å²) < 4.78 is 1.04. The summed E-state index contributed by atoms with van der Waals surface area (Å²) in [5, 5.41) is 9.33. The van der Waals surface area contributed by atoms with Gasteiger partial charge in [0.25, 0.3) is 0 Å². The molecule has 0 bridgehead atoms. The molecule has 0 fully saturated rings. The van der Waals surface area contributed by atoms with Crippen molar-refractivity contribution in [1.82, 2.24) is 0 Å². The van der Waals surface area contributed by atoms with Gasteiger partial charge < -0.3 is 0 Å². The number of hydrogen-bond donors (Lipinski definition) is 0. The average molecular weight is 312 g/mol. The third kappa shape index (κ3) is 3.33. The molecule has 0 aromatic heterocycles. The number of allylic oxidation sites excluding steroid dienone is 1. The second kappa shape index (κ2) is 5.86. The van der Waals surface area contributed by atoms with Crippen LogP contribution < -0.4 is 0 Å². The van der Waals surface area contributed by atoms with Gasteiger partial charge >= 0.3 is 0 Å². The zero-order valence-corrected chi connectivity index (χ0v) is 12.5. The molecule has 2 heteroatoms. The van der Waals surface area contributed by atoms with Crippen LogP contribution in [-0.2, 0) is 0 Å². The molecule has 0 radical (unpaired) electrons. The van der Waals surface area contributed by atoms with Gasteiger partial charge in [-0.1, -0.05) is 46.3 Å². The fourth-order valence-corrected chi connectivity index (χ4v) is 2.08. The Morgan fingerprint density at radius 1 is 1.05 bits per heavy atom. The Morgan fingerprint density at radius 2 is 1.74 bits per heavy atom. The highest BCUT2D eigenvalue weighted by molar-refractivity contribution is 9.10. The normalized spacial score (nSPS) is 11.2. The SMILES string of the molecule is Cc1ccc(/C(C#N)=C/c2ccc(Br)cc2)cc1C. The van der Waals surface area contributed by atoms with E-state index < -0.39 is 0 Å². The van der Waals surface area contributed by atoms with Gasteiger partial charge in [0.15, 0.2) is 0 Å². The summed E-state index contributed by atoms with van der Waals surface area (Å²) in [5.74, 6) is 0. The van der Waals surface area contributed by atoms with E-state index >= 15 is 0 Å². The van der Waals surface area contributed by atoms with Gasteiger partial charge in [0, 0.05) is 4.47 Å². The van der Waals surface area contributed by atoms with Crippen LogP contribution in [0, 0.1) is 25.2 Å². The molecular weight excluding hydrogens is 298 g/mol. The molecule has 2 aromatic rings. The predicted octanol–water partition coefficient (Wildman–Crippen LogP) is 5.13. The van der Waals surface area contributed by atoms with E-state index in [9.17, 15) is 5.26 Å². The third-order valence-corrected chi connectivity index (χ3v) is 3.65. The van der Waals surface area contributed by atoms with E-state index in [4.69, 9.17) is 0 Å². The second-order valence-electron chi connectivity index (χ2n) is 4.52. The Morgan fingerprint density at radius 3 is 2.32 bits per heavy atom. The molecule has 0 saturated heterocycles. The number of aryl methyl sites for hydroxylation is 2. The van der Waals surface area contributed by atoms with Crippen molar-refractivity contribution in [2.75, 3.05) is 0 Å². The van der Waals surface area contributed by atoms with Crippen LogP contribution in [0.3, 0.4) is 0 Å². The molecule has 0 N–H and O–H groups in total. The Bertz CT molecular complexity index is 661. The number of benzene rings is 2. The molecule has 0 aliphatic rings. The Labute approximate surface area is 122 Å². The van der Waals surface area contributed by atoms with Gasteiger partial charge in [0.1, 0.15) is 0 Å². The van der Waals surface area contributed by atoms with Crippen molar-refractivity contribution in [3.63, 3.8) is 0 Å². The molecular formula is C17H14BrN. The third-order valence-electron chi connectivity index (χ3n) is 3.12. The van der Waals surface area contributed by atoms with Crippen molar-refractivity contribution in [2.24, 2.45) is 0 Å². The number of nitriles is 1. The Balaban J connectivity index is 2.42. The highest BCUT2D eigenvalue weighted by Crippen LogP contribution is 2.21. The largest absolute Gasteiger partial charge is 0.192 e. The smallest absolute Gasteiger partial charge is 0.0998 e. The number of hydrogen-bond acceptors (Lipinski definition) is 1. The van der Waals surface area contributed by atoms with Crippen molar-refractivity contribution in [1.29, 1.82) is 5.26 Å². The lowest BCUT2D eigenvalue weighted by Crippen LogP contribution is -1.86. The van der Waals surface area contributed by atoms with Crippen molar-refractivity contribution in [3.05, 3.63) is 69.2 Å². The van der Waals surface area contributed by atoms with Gasteiger partial charge in [-0.05, 0) is 54.3 Å². The molecule has 0 atom stereocenters. The van der Waals surface area contributed by atoms with Crippen LogP contribution in [0.15, 0.2) is 46.9 Å². The van der Waals surface area contributed by atoms with Gasteiger partial charge in [0.2, 0.25) is 0 Å². The molecule has 2 aromatic carbocycles. The molecule has 0 amide bonds. The van der Waals surface area contributed by atoms with E-state index in [2.05, 4.69) is 48.0 Å². The summed E-state index contributed by atoms with van der Waals surface area (Å²) in [6, 6.07) is 16.3. The fourth-order valence-electron chi connectivity index (χ4n) is 1.81. The van der Waals surface area contributed by atoms with E-state index in [-0.39, 0.29) is 0 Å². The highest BCUT2D eigenvalue weighted by atomic mass is 79.9. The lowest BCUT2D eigenvalue weighted by molar-refractivity contribution is 1.33. The predicted molar refractivity (Wildman–Crippen MR) is 83.5 cm³/mol. The second-order valence-corrected chi connectivity index (χ2v) is 5.44. The molecule has 0 aliphatic heterocycles. The monoisotopic (exact) mass is 311 g/mol. The first-order valence-corrected chi connectivity index (χ1v) is 6.84. The zero-order valence-electron chi connectivity index (χ0n) is 10.9. The van der Waals surface area contributed by atoms with E-state index in [0.717, 1.165) is 15.6 Å². The van der Waals surface area contributed by atoms with Gasteiger partial charge in [-0.3, -0.25) is 0 Å². The van der Waals surface area contributed by atoms with Crippen molar-refractivity contribution >= 4 is 27.6 Å². The minimum absolute atomic E-state index is 0.686. The van der Waals surface area contributed by atoms with E-state index in [1.165, 1.54) is 11.1 Å². The van der Waals surface area contributed by atoms with Crippen LogP contribution in [0.4, 0.5) is 0 Å². The molecule has 2 rings (SSSR count). The van der Waals surface area contributed by atoms with Crippen molar-refractivity contribution in [3.8, 4) is 6.07 Å². The Kier molecular flexibility index (Phi) is 4.19. The number of nitrogens with zero attached hydrogens (tertiary/aromatic N) is 1. The topological polar surface area (TPSA) is 23.8 Å². The van der Waals surface area contributed by atoms with Crippen molar-refractivity contribution < 1.29 is 0 Å². The maximum Gasteiger partial charge on any atom is 0.0998 e. The quantitative estimate of drug-likeness (QED) is 0.557. The van der Waals surface area contributed by atoms with Crippen LogP contribution >= 0.6 is 15.9 Å². The first-order valence-electron chi connectivity index (χ1n) is 6.05. The van der Waals surface area contributed by atoms with Gasteiger partial charge in [0.05, 0.1) is 11.6 Å². The molecule has 1 nitrogen and oxygen atoms in total. The zero-order chi connectivity index (χ0) is 13.8. The average Bonchev–Trinajstić information content (AvgIpc) is 2.41. The van der Waals surface area contributed by atoms with Crippen LogP contribution in [-0.4, -0.2) is 0 Å². The lowest BCUT2D eigenvalue weighted by atomic mass is 9.99. The molecule has 0 spiro atoms. The maximum atomic E-state index is 9.33. The summed E-state index contributed by atoms with van der Waals surface area (Å²) in [4.78, 5) is 0. The van der Waals surface area contributed by atoms with E-state index in [1.807, 2.05) is 36.4 Å². The van der Waals surface area contributed by atoms with Gasteiger partial charge in [-0.2, -0.15) is 5.26 Å². The summed E-state index contributed by atoms with van der Waals surface area (Å²) in [5.41, 5.74) is 5.12. The molecule has 0 saturated carbocycles. The lowest BCUT2D eigenvalue weighted by Gasteiger charge is -2.04. The summed E-state index contributed by atoms with van der Waals surface area (Å²) in [6.45, 7) is 4.14. The number of rotatable bonds is 2. The molecule has 0 aliphatic carbocycles. The van der Waals surface area contributed by atoms with Crippen LogP contribution in [0.5, 0.6) is 0 Å². The fraction of sp³-hybridized carbons (Fsp3) is 0.118. The van der Waals surface area contributed by atoms with Crippen molar-refractivity contribution in [2.45, 2.75) is 13.8 Å². The minimum Gasteiger partial charge on any atom is -0.192 e.